The van der Waals surface area contributed by atoms with Crippen molar-refractivity contribution < 1.29 is 22.7 Å². The molecule has 1 aromatic carbocycles. The standard InChI is InChI=1S/C20H17BrF3N5O3/c1-10(2)16(11-4-5-14(12(21)8-11)32-20(22,23)24)29-19(31)13-9-15(30)28-18(27-13)17-25-6-3-7-26-17/h3-10,16H,1-2H3,(H,29,31)(H,27,28,30)/t16-/m1/s1. The zero-order chi connectivity index (χ0) is 23.5. The van der Waals surface area contributed by atoms with Crippen LogP contribution in [0, 0.1) is 5.92 Å². The van der Waals surface area contributed by atoms with Crippen LogP contribution in [-0.4, -0.2) is 32.2 Å². The van der Waals surface area contributed by atoms with Crippen LogP contribution in [0.2, 0.25) is 0 Å². The Morgan fingerprint density at radius 3 is 2.47 bits per heavy atom. The van der Waals surface area contributed by atoms with Gasteiger partial charge in [0.05, 0.1) is 10.5 Å². The molecule has 0 radical (unpaired) electrons. The molecule has 1 atom stereocenters. The number of amides is 1. The third-order valence-electron chi connectivity index (χ3n) is 4.25. The van der Waals surface area contributed by atoms with Crippen LogP contribution >= 0.6 is 15.9 Å². The highest BCUT2D eigenvalue weighted by Gasteiger charge is 2.32. The van der Waals surface area contributed by atoms with Crippen LogP contribution in [0.3, 0.4) is 0 Å². The van der Waals surface area contributed by atoms with Gasteiger partial charge in [-0.1, -0.05) is 19.9 Å². The summed E-state index contributed by atoms with van der Waals surface area (Å²) in [6, 6.07) is 6.05. The van der Waals surface area contributed by atoms with Crippen LogP contribution in [-0.2, 0) is 0 Å². The van der Waals surface area contributed by atoms with Gasteiger partial charge in [-0.2, -0.15) is 0 Å². The number of carbonyl (C=O) groups excluding carboxylic acids is 1. The Morgan fingerprint density at radius 2 is 1.88 bits per heavy atom. The van der Waals surface area contributed by atoms with Gasteiger partial charge in [-0.3, -0.25) is 9.59 Å². The fourth-order valence-corrected chi connectivity index (χ4v) is 3.35. The number of nitrogens with zero attached hydrogens (tertiary/aromatic N) is 3. The molecule has 0 fully saturated rings. The quantitative estimate of drug-likeness (QED) is 0.517. The average Bonchev–Trinajstić information content (AvgIpc) is 2.72. The minimum atomic E-state index is -4.83. The molecule has 2 N–H and O–H groups in total. The van der Waals surface area contributed by atoms with E-state index in [9.17, 15) is 22.8 Å². The van der Waals surface area contributed by atoms with Crippen molar-refractivity contribution in [1.29, 1.82) is 0 Å². The van der Waals surface area contributed by atoms with E-state index in [0.29, 0.717) is 5.56 Å². The summed E-state index contributed by atoms with van der Waals surface area (Å²) in [6.45, 7) is 3.65. The largest absolute Gasteiger partial charge is 0.573 e. The maximum absolute atomic E-state index is 12.9. The smallest absolute Gasteiger partial charge is 0.405 e. The number of benzene rings is 1. The van der Waals surface area contributed by atoms with Gasteiger partial charge in [0.2, 0.25) is 0 Å². The number of alkyl halides is 3. The second-order valence-electron chi connectivity index (χ2n) is 6.98. The van der Waals surface area contributed by atoms with E-state index in [1.54, 1.807) is 6.07 Å². The number of hydrogen-bond donors (Lipinski definition) is 2. The Balaban J connectivity index is 1.87. The van der Waals surface area contributed by atoms with Gasteiger partial charge in [0, 0.05) is 18.5 Å². The van der Waals surface area contributed by atoms with Crippen LogP contribution in [0.5, 0.6) is 5.75 Å². The first kappa shape index (κ1) is 23.4. The number of H-pyrrole nitrogens is 1. The Hall–Kier alpha value is -3.28. The Kier molecular flexibility index (Phi) is 6.92. The number of ether oxygens (including phenoxy) is 1. The van der Waals surface area contributed by atoms with E-state index in [2.05, 4.69) is 45.9 Å². The van der Waals surface area contributed by atoms with Gasteiger partial charge in [0.1, 0.15) is 11.4 Å². The average molecular weight is 512 g/mol. The first-order valence-corrected chi connectivity index (χ1v) is 10.1. The summed E-state index contributed by atoms with van der Waals surface area (Å²) in [4.78, 5) is 39.5. The van der Waals surface area contributed by atoms with E-state index in [1.807, 2.05) is 13.8 Å². The van der Waals surface area contributed by atoms with Gasteiger partial charge in [-0.05, 0) is 45.6 Å². The van der Waals surface area contributed by atoms with E-state index in [4.69, 9.17) is 0 Å². The first-order chi connectivity index (χ1) is 15.0. The van der Waals surface area contributed by atoms with Gasteiger partial charge in [-0.15, -0.1) is 13.2 Å². The third-order valence-corrected chi connectivity index (χ3v) is 4.87. The summed E-state index contributed by atoms with van der Waals surface area (Å²) in [7, 11) is 0. The molecule has 32 heavy (non-hydrogen) atoms. The molecule has 2 aromatic heterocycles. The number of carbonyl (C=O) groups is 1. The van der Waals surface area contributed by atoms with Gasteiger partial charge in [-0.25, -0.2) is 15.0 Å². The first-order valence-electron chi connectivity index (χ1n) is 9.28. The fourth-order valence-electron chi connectivity index (χ4n) is 2.87. The molecule has 0 unspecified atom stereocenters. The van der Waals surface area contributed by atoms with Crippen molar-refractivity contribution >= 4 is 21.8 Å². The van der Waals surface area contributed by atoms with Gasteiger partial charge < -0.3 is 15.0 Å². The fraction of sp³-hybridized carbons (Fsp3) is 0.250. The van der Waals surface area contributed by atoms with Crippen LogP contribution in [0.15, 0.2) is 52.0 Å². The number of nitrogens with one attached hydrogen (secondary N) is 2. The van der Waals surface area contributed by atoms with Crippen molar-refractivity contribution in [2.75, 3.05) is 0 Å². The highest BCUT2D eigenvalue weighted by atomic mass is 79.9. The summed E-state index contributed by atoms with van der Waals surface area (Å²) >= 11 is 3.06. The molecule has 12 heteroatoms. The SMILES string of the molecule is CC(C)[C@@H](NC(=O)c1cc(=O)[nH]c(-c2ncccn2)n1)c1ccc(OC(F)(F)F)c(Br)c1. The second-order valence-corrected chi connectivity index (χ2v) is 7.84. The van der Waals surface area contributed by atoms with E-state index >= 15 is 0 Å². The molecule has 3 rings (SSSR count). The predicted octanol–water partition coefficient (Wildman–Crippen LogP) is 4.02. The number of hydrogen-bond acceptors (Lipinski definition) is 6. The van der Waals surface area contributed by atoms with Crippen molar-refractivity contribution in [3.05, 3.63) is 68.8 Å². The van der Waals surface area contributed by atoms with E-state index in [1.165, 1.54) is 24.5 Å². The summed E-state index contributed by atoms with van der Waals surface area (Å²) in [5.74, 6) is -1.01. The van der Waals surface area contributed by atoms with Crippen LogP contribution in [0.4, 0.5) is 13.2 Å². The van der Waals surface area contributed by atoms with Crippen LogP contribution in [0.25, 0.3) is 11.6 Å². The molecule has 0 saturated heterocycles. The topological polar surface area (TPSA) is 110 Å². The molecule has 0 saturated carbocycles. The molecule has 0 aliphatic rings. The minimum Gasteiger partial charge on any atom is -0.405 e. The molecular weight excluding hydrogens is 495 g/mol. The predicted molar refractivity (Wildman–Crippen MR) is 112 cm³/mol. The summed E-state index contributed by atoms with van der Waals surface area (Å²) in [6.07, 6.45) is -1.90. The Bertz CT molecular complexity index is 1170. The third kappa shape index (κ3) is 5.90. The van der Waals surface area contributed by atoms with Crippen molar-refractivity contribution in [1.82, 2.24) is 25.3 Å². The monoisotopic (exact) mass is 511 g/mol. The summed E-state index contributed by atoms with van der Waals surface area (Å²) in [5, 5.41) is 2.77. The molecule has 2 heterocycles. The van der Waals surface area contributed by atoms with Crippen molar-refractivity contribution in [2.45, 2.75) is 26.3 Å². The number of rotatable bonds is 6. The lowest BCUT2D eigenvalue weighted by Crippen LogP contribution is -2.33. The second kappa shape index (κ2) is 9.47. The maximum Gasteiger partial charge on any atom is 0.573 e. The lowest BCUT2D eigenvalue weighted by atomic mass is 9.95. The lowest BCUT2D eigenvalue weighted by Gasteiger charge is -2.23. The van der Waals surface area contributed by atoms with E-state index < -0.39 is 29.6 Å². The highest BCUT2D eigenvalue weighted by Crippen LogP contribution is 2.34. The molecule has 0 aliphatic heterocycles. The molecule has 8 nitrogen and oxygen atoms in total. The van der Waals surface area contributed by atoms with Crippen molar-refractivity contribution in [2.24, 2.45) is 5.92 Å². The molecule has 0 spiro atoms. The molecule has 0 bridgehead atoms. The Morgan fingerprint density at radius 1 is 1.19 bits per heavy atom. The Labute approximate surface area is 188 Å². The van der Waals surface area contributed by atoms with E-state index in [-0.39, 0.29) is 27.7 Å². The highest BCUT2D eigenvalue weighted by molar-refractivity contribution is 9.10. The minimum absolute atomic E-state index is 0.0285. The normalized spacial score (nSPS) is 12.5. The van der Waals surface area contributed by atoms with Crippen molar-refractivity contribution in [3.63, 3.8) is 0 Å². The van der Waals surface area contributed by atoms with Crippen LogP contribution in [0.1, 0.15) is 35.9 Å². The molecule has 3 aromatic rings. The maximum atomic E-state index is 12.9. The van der Waals surface area contributed by atoms with Crippen molar-refractivity contribution in [3.8, 4) is 17.4 Å². The molecular formula is C20H17BrF3N5O3. The summed E-state index contributed by atoms with van der Waals surface area (Å²) in [5.41, 5.74) is -0.186. The number of aromatic nitrogens is 4. The van der Waals surface area contributed by atoms with Gasteiger partial charge in [0.15, 0.2) is 11.6 Å². The zero-order valence-corrected chi connectivity index (χ0v) is 18.4. The number of aromatic amines is 1. The van der Waals surface area contributed by atoms with E-state index in [0.717, 1.165) is 12.1 Å². The van der Waals surface area contributed by atoms with Gasteiger partial charge in [0.25, 0.3) is 11.5 Å². The van der Waals surface area contributed by atoms with Gasteiger partial charge >= 0.3 is 6.36 Å². The number of halogens is 4. The lowest BCUT2D eigenvalue weighted by molar-refractivity contribution is -0.274. The summed E-state index contributed by atoms with van der Waals surface area (Å²) < 4.78 is 41.6. The zero-order valence-electron chi connectivity index (χ0n) is 16.8. The van der Waals surface area contributed by atoms with Crippen LogP contribution < -0.4 is 15.6 Å². The molecule has 168 valence electrons. The molecule has 1 amide bonds. The molecule has 0 aliphatic carbocycles.